The van der Waals surface area contributed by atoms with Gasteiger partial charge in [-0.1, -0.05) is 0 Å². The van der Waals surface area contributed by atoms with Crippen molar-refractivity contribution in [3.8, 4) is 11.5 Å². The Morgan fingerprint density at radius 1 is 1.04 bits per heavy atom. The number of likely N-dealkylation sites (N-methyl/N-ethyl adjacent to an activating group) is 1. The fourth-order valence-corrected chi connectivity index (χ4v) is 1.61. The van der Waals surface area contributed by atoms with Crippen molar-refractivity contribution in [1.82, 2.24) is 10.6 Å². The van der Waals surface area contributed by atoms with E-state index in [1.54, 1.807) is 31.4 Å². The van der Waals surface area contributed by atoms with Gasteiger partial charge in [-0.05, 0) is 30.7 Å². The van der Waals surface area contributed by atoms with Crippen LogP contribution in [0.3, 0.4) is 0 Å². The second-order valence-corrected chi connectivity index (χ2v) is 4.74. The van der Waals surface area contributed by atoms with Crippen molar-refractivity contribution in [1.29, 1.82) is 0 Å². The molecule has 0 aromatic heterocycles. The molecular weight excluding hydrogens is 316 g/mol. The molecule has 0 atom stereocenters. The summed E-state index contributed by atoms with van der Waals surface area (Å²) >= 11 is 0. The topological polar surface area (TPSA) is 103 Å². The molecule has 132 valence electrons. The van der Waals surface area contributed by atoms with Crippen LogP contribution < -0.4 is 20.1 Å². The van der Waals surface area contributed by atoms with Gasteiger partial charge in [0.05, 0.1) is 20.3 Å². The van der Waals surface area contributed by atoms with Crippen LogP contribution in [0.15, 0.2) is 24.3 Å². The zero-order valence-electron chi connectivity index (χ0n) is 13.8. The predicted molar refractivity (Wildman–Crippen MR) is 85.8 cm³/mol. The number of amides is 2. The molecule has 1 aromatic rings. The summed E-state index contributed by atoms with van der Waals surface area (Å²) in [5.41, 5.74) is 0. The highest BCUT2D eigenvalue weighted by Gasteiger charge is 2.08. The molecule has 0 saturated carbocycles. The lowest BCUT2D eigenvalue weighted by Gasteiger charge is -2.08. The van der Waals surface area contributed by atoms with E-state index in [1.807, 2.05) is 0 Å². The fourth-order valence-electron chi connectivity index (χ4n) is 1.61. The van der Waals surface area contributed by atoms with Crippen molar-refractivity contribution in [2.24, 2.45) is 0 Å². The molecule has 0 fully saturated rings. The molecule has 0 spiro atoms. The summed E-state index contributed by atoms with van der Waals surface area (Å²) in [5, 5.41) is 4.68. The van der Waals surface area contributed by atoms with E-state index >= 15 is 0 Å². The summed E-state index contributed by atoms with van der Waals surface area (Å²) in [6.45, 7) is -0.206. The first-order valence-corrected chi connectivity index (χ1v) is 7.45. The number of esters is 1. The molecule has 0 aliphatic rings. The van der Waals surface area contributed by atoms with E-state index in [4.69, 9.17) is 14.2 Å². The van der Waals surface area contributed by atoms with Crippen LogP contribution in [0.4, 0.5) is 0 Å². The van der Waals surface area contributed by atoms with Gasteiger partial charge in [-0.2, -0.15) is 0 Å². The maximum atomic E-state index is 11.5. The van der Waals surface area contributed by atoms with Crippen LogP contribution >= 0.6 is 0 Å². The molecule has 8 nitrogen and oxygen atoms in total. The monoisotopic (exact) mass is 338 g/mol. The number of nitrogens with one attached hydrogen (secondary N) is 2. The zero-order chi connectivity index (χ0) is 17.8. The van der Waals surface area contributed by atoms with Crippen LogP contribution in [0.2, 0.25) is 0 Å². The van der Waals surface area contributed by atoms with E-state index < -0.39 is 18.5 Å². The molecule has 0 bridgehead atoms. The molecule has 2 N–H and O–H groups in total. The number of ether oxygens (including phenoxy) is 3. The maximum absolute atomic E-state index is 11.5. The van der Waals surface area contributed by atoms with Crippen molar-refractivity contribution < 1.29 is 28.6 Å². The Balaban J connectivity index is 2.10. The molecule has 0 aliphatic heterocycles. The first-order chi connectivity index (χ1) is 11.5. The van der Waals surface area contributed by atoms with Crippen LogP contribution in [0, 0.1) is 0 Å². The van der Waals surface area contributed by atoms with Crippen LogP contribution in [-0.4, -0.2) is 51.7 Å². The van der Waals surface area contributed by atoms with Crippen LogP contribution in [0.5, 0.6) is 11.5 Å². The minimum atomic E-state index is -0.526. The number of methoxy groups -OCH3 is 1. The SMILES string of the molecule is CNC(=O)CNC(=O)COC(=O)CCCOc1ccc(OC)cc1. The molecule has 1 aromatic carbocycles. The molecule has 8 heteroatoms. The summed E-state index contributed by atoms with van der Waals surface area (Å²) in [6.07, 6.45) is 0.601. The third-order valence-corrected chi connectivity index (χ3v) is 2.94. The average molecular weight is 338 g/mol. The quantitative estimate of drug-likeness (QED) is 0.469. The summed E-state index contributed by atoms with van der Waals surface area (Å²) < 4.78 is 15.3. The molecule has 0 unspecified atom stereocenters. The molecular formula is C16H22N2O6. The number of carbonyl (C=O) groups is 3. The Kier molecular flexibility index (Phi) is 8.73. The Morgan fingerprint density at radius 2 is 1.71 bits per heavy atom. The summed E-state index contributed by atoms with van der Waals surface area (Å²) in [6, 6.07) is 7.10. The van der Waals surface area contributed by atoms with Gasteiger partial charge >= 0.3 is 5.97 Å². The third-order valence-electron chi connectivity index (χ3n) is 2.94. The first kappa shape index (κ1) is 19.3. The van der Waals surface area contributed by atoms with Gasteiger partial charge in [0.1, 0.15) is 11.5 Å². The lowest BCUT2D eigenvalue weighted by molar-refractivity contribution is -0.148. The van der Waals surface area contributed by atoms with Crippen molar-refractivity contribution in [2.45, 2.75) is 12.8 Å². The van der Waals surface area contributed by atoms with Gasteiger partial charge in [0.15, 0.2) is 6.61 Å². The van der Waals surface area contributed by atoms with Crippen molar-refractivity contribution in [2.75, 3.05) is 33.9 Å². The van der Waals surface area contributed by atoms with Gasteiger partial charge in [-0.3, -0.25) is 14.4 Å². The number of hydrogen-bond acceptors (Lipinski definition) is 6. The highest BCUT2D eigenvalue weighted by atomic mass is 16.5. The molecule has 24 heavy (non-hydrogen) atoms. The van der Waals surface area contributed by atoms with Gasteiger partial charge < -0.3 is 24.8 Å². The number of benzene rings is 1. The van der Waals surface area contributed by atoms with Gasteiger partial charge in [-0.15, -0.1) is 0 Å². The van der Waals surface area contributed by atoms with Crippen LogP contribution in [-0.2, 0) is 19.1 Å². The lowest BCUT2D eigenvalue weighted by atomic mass is 10.3. The lowest BCUT2D eigenvalue weighted by Crippen LogP contribution is -2.37. The van der Waals surface area contributed by atoms with Crippen molar-refractivity contribution >= 4 is 17.8 Å². The van der Waals surface area contributed by atoms with Gasteiger partial charge in [0.25, 0.3) is 5.91 Å². The summed E-state index contributed by atoms with van der Waals surface area (Å²) in [7, 11) is 3.04. The van der Waals surface area contributed by atoms with E-state index in [0.29, 0.717) is 18.8 Å². The molecule has 0 heterocycles. The summed E-state index contributed by atoms with van der Waals surface area (Å²) in [4.78, 5) is 33.7. The van der Waals surface area contributed by atoms with Gasteiger partial charge in [0.2, 0.25) is 5.91 Å². The Labute approximate surface area is 140 Å². The number of rotatable bonds is 10. The molecule has 0 aliphatic carbocycles. The average Bonchev–Trinajstić information content (AvgIpc) is 2.61. The molecule has 0 saturated heterocycles. The number of carbonyl (C=O) groups excluding carboxylic acids is 3. The van der Waals surface area contributed by atoms with E-state index in [2.05, 4.69) is 10.6 Å². The molecule has 2 amide bonds. The minimum Gasteiger partial charge on any atom is -0.497 e. The van der Waals surface area contributed by atoms with Crippen LogP contribution in [0.1, 0.15) is 12.8 Å². The van der Waals surface area contributed by atoms with E-state index in [9.17, 15) is 14.4 Å². The second-order valence-electron chi connectivity index (χ2n) is 4.74. The Morgan fingerprint density at radius 3 is 2.33 bits per heavy atom. The highest BCUT2D eigenvalue weighted by Crippen LogP contribution is 2.17. The normalized spacial score (nSPS) is 9.75. The highest BCUT2D eigenvalue weighted by molar-refractivity contribution is 5.86. The predicted octanol–water partition coefficient (Wildman–Crippen LogP) is 0.260. The largest absolute Gasteiger partial charge is 0.497 e. The first-order valence-electron chi connectivity index (χ1n) is 7.45. The fraction of sp³-hybridized carbons (Fsp3) is 0.438. The van der Waals surface area contributed by atoms with Gasteiger partial charge in [0, 0.05) is 13.5 Å². The van der Waals surface area contributed by atoms with Crippen LogP contribution in [0.25, 0.3) is 0 Å². The summed E-state index contributed by atoms with van der Waals surface area (Å²) in [5.74, 6) is 0.0635. The standard InChI is InChI=1S/C16H22N2O6/c1-17-14(19)10-18-15(20)11-24-16(21)4-3-9-23-13-7-5-12(22-2)6-8-13/h5-8H,3-4,9-11H2,1-2H3,(H,17,19)(H,18,20). The minimum absolute atomic E-state index is 0.138. The third kappa shape index (κ3) is 8.02. The van der Waals surface area contributed by atoms with E-state index in [-0.39, 0.29) is 18.9 Å². The smallest absolute Gasteiger partial charge is 0.306 e. The number of hydrogen-bond donors (Lipinski definition) is 2. The Hall–Kier alpha value is -2.77. The molecule has 0 radical (unpaired) electrons. The molecule has 1 rings (SSSR count). The second kappa shape index (κ2) is 10.9. The maximum Gasteiger partial charge on any atom is 0.306 e. The van der Waals surface area contributed by atoms with Crippen molar-refractivity contribution in [3.05, 3.63) is 24.3 Å². The Bertz CT molecular complexity index is 544. The van der Waals surface area contributed by atoms with E-state index in [0.717, 1.165) is 5.75 Å². The zero-order valence-corrected chi connectivity index (χ0v) is 13.8. The van der Waals surface area contributed by atoms with E-state index in [1.165, 1.54) is 7.05 Å². The van der Waals surface area contributed by atoms with Crippen molar-refractivity contribution in [3.63, 3.8) is 0 Å². The van der Waals surface area contributed by atoms with Gasteiger partial charge in [-0.25, -0.2) is 0 Å².